The molecule has 4 heteroatoms. The lowest BCUT2D eigenvalue weighted by Crippen LogP contribution is -2.41. The molecule has 0 unspecified atom stereocenters. The summed E-state index contributed by atoms with van der Waals surface area (Å²) in [6.07, 6.45) is 2.21. The molecule has 1 aliphatic heterocycles. The van der Waals surface area contributed by atoms with Crippen molar-refractivity contribution in [3.63, 3.8) is 0 Å². The van der Waals surface area contributed by atoms with Crippen molar-refractivity contribution in [1.82, 2.24) is 4.90 Å². The van der Waals surface area contributed by atoms with Gasteiger partial charge in [0.2, 0.25) is 5.91 Å². The Balaban J connectivity index is 1.87. The third-order valence-electron chi connectivity index (χ3n) is 4.25. The normalized spacial score (nSPS) is 20.5. The van der Waals surface area contributed by atoms with Crippen LogP contribution in [0.1, 0.15) is 46.6 Å². The van der Waals surface area contributed by atoms with Crippen LogP contribution in [0.5, 0.6) is 0 Å². The van der Waals surface area contributed by atoms with E-state index in [0.717, 1.165) is 31.6 Å². The van der Waals surface area contributed by atoms with Gasteiger partial charge < -0.3 is 10.1 Å². The van der Waals surface area contributed by atoms with E-state index in [-0.39, 0.29) is 23.7 Å². The second-order valence-electron chi connectivity index (χ2n) is 7.35. The molecule has 1 N–H and O–H groups in total. The summed E-state index contributed by atoms with van der Waals surface area (Å²) < 4.78 is 6.03. The molecule has 0 aliphatic carbocycles. The number of carbonyl (C=O) groups excluding carboxylic acids is 1. The minimum atomic E-state index is -0.144. The van der Waals surface area contributed by atoms with Crippen molar-refractivity contribution in [1.29, 1.82) is 0 Å². The Labute approximate surface area is 140 Å². The van der Waals surface area contributed by atoms with Crippen LogP contribution in [0.2, 0.25) is 0 Å². The fourth-order valence-corrected chi connectivity index (χ4v) is 2.94. The molecular weight excluding hydrogens is 288 g/mol. The second-order valence-corrected chi connectivity index (χ2v) is 7.35. The molecule has 2 rings (SSSR count). The van der Waals surface area contributed by atoms with Gasteiger partial charge in [-0.1, -0.05) is 19.1 Å². The van der Waals surface area contributed by atoms with Crippen molar-refractivity contribution in [2.24, 2.45) is 0 Å². The summed E-state index contributed by atoms with van der Waals surface area (Å²) in [4.78, 5) is 14.7. The van der Waals surface area contributed by atoms with Gasteiger partial charge in [-0.25, -0.2) is 0 Å². The first-order valence-corrected chi connectivity index (χ1v) is 8.60. The van der Waals surface area contributed by atoms with E-state index in [1.165, 1.54) is 5.56 Å². The number of aryl methyl sites for hydroxylation is 1. The van der Waals surface area contributed by atoms with E-state index < -0.39 is 0 Å². The number of likely N-dealkylation sites (tertiary alicyclic amines) is 1. The highest BCUT2D eigenvalue weighted by Crippen LogP contribution is 2.21. The zero-order valence-electron chi connectivity index (χ0n) is 15.1. The van der Waals surface area contributed by atoms with Crippen LogP contribution in [0.4, 0.5) is 5.69 Å². The molecule has 1 heterocycles. The number of ether oxygens (including phenoxy) is 1. The van der Waals surface area contributed by atoms with Crippen molar-refractivity contribution in [2.45, 2.75) is 65.2 Å². The second kappa shape index (κ2) is 7.45. The summed E-state index contributed by atoms with van der Waals surface area (Å²) in [5, 5.41) is 3.01. The van der Waals surface area contributed by atoms with Gasteiger partial charge in [0.15, 0.2) is 0 Å². The minimum absolute atomic E-state index is 0.0469. The van der Waals surface area contributed by atoms with Crippen LogP contribution >= 0.6 is 0 Å². The van der Waals surface area contributed by atoms with E-state index in [4.69, 9.17) is 4.74 Å². The van der Waals surface area contributed by atoms with Gasteiger partial charge in [0.1, 0.15) is 0 Å². The highest BCUT2D eigenvalue weighted by atomic mass is 16.5. The standard InChI is InChI=1S/C19H30N2O2/c1-6-15-7-9-16(10-8-15)20-18(22)14(2)21-12-11-17(13-21)23-19(3,4)5/h7-10,14,17H,6,11-13H2,1-5H3,(H,20,22)/t14-,17+/m1/s1. The third kappa shape index (κ3) is 5.33. The summed E-state index contributed by atoms with van der Waals surface area (Å²) in [5.74, 6) is 0.0469. The van der Waals surface area contributed by atoms with Crippen molar-refractivity contribution in [3.05, 3.63) is 29.8 Å². The number of rotatable bonds is 5. The summed E-state index contributed by atoms with van der Waals surface area (Å²) in [6, 6.07) is 7.92. The van der Waals surface area contributed by atoms with Crippen LogP contribution in [0.25, 0.3) is 0 Å². The molecule has 0 radical (unpaired) electrons. The molecular formula is C19H30N2O2. The van der Waals surface area contributed by atoms with Gasteiger partial charge in [-0.05, 0) is 58.2 Å². The van der Waals surface area contributed by atoms with E-state index in [0.29, 0.717) is 0 Å². The van der Waals surface area contributed by atoms with E-state index in [2.05, 4.69) is 50.0 Å². The van der Waals surface area contributed by atoms with Gasteiger partial charge in [-0.15, -0.1) is 0 Å². The number of anilines is 1. The average Bonchev–Trinajstić information content (AvgIpc) is 2.93. The molecule has 0 bridgehead atoms. The van der Waals surface area contributed by atoms with Gasteiger partial charge in [0.05, 0.1) is 17.7 Å². The van der Waals surface area contributed by atoms with Gasteiger partial charge in [0, 0.05) is 18.8 Å². The molecule has 0 aromatic heterocycles. The summed E-state index contributed by atoms with van der Waals surface area (Å²) in [6.45, 7) is 12.0. The van der Waals surface area contributed by atoms with Crippen LogP contribution in [0, 0.1) is 0 Å². The van der Waals surface area contributed by atoms with Gasteiger partial charge in [-0.3, -0.25) is 9.69 Å². The van der Waals surface area contributed by atoms with E-state index in [1.54, 1.807) is 0 Å². The fraction of sp³-hybridized carbons (Fsp3) is 0.632. The predicted molar refractivity (Wildman–Crippen MR) is 94.7 cm³/mol. The first-order chi connectivity index (χ1) is 10.8. The first kappa shape index (κ1) is 18.0. The lowest BCUT2D eigenvalue weighted by molar-refractivity contribution is -0.120. The van der Waals surface area contributed by atoms with Crippen molar-refractivity contribution >= 4 is 11.6 Å². The maximum atomic E-state index is 12.5. The quantitative estimate of drug-likeness (QED) is 0.904. The number of amides is 1. The Kier molecular flexibility index (Phi) is 5.82. The highest BCUT2D eigenvalue weighted by molar-refractivity contribution is 5.94. The maximum Gasteiger partial charge on any atom is 0.241 e. The topological polar surface area (TPSA) is 41.6 Å². The molecule has 1 aromatic carbocycles. The van der Waals surface area contributed by atoms with Gasteiger partial charge in [-0.2, -0.15) is 0 Å². The van der Waals surface area contributed by atoms with Crippen LogP contribution < -0.4 is 5.32 Å². The van der Waals surface area contributed by atoms with Crippen LogP contribution in [-0.2, 0) is 16.0 Å². The van der Waals surface area contributed by atoms with Crippen LogP contribution in [0.3, 0.4) is 0 Å². The molecule has 1 aliphatic rings. The Bertz CT molecular complexity index is 519. The highest BCUT2D eigenvalue weighted by Gasteiger charge is 2.32. The Morgan fingerprint density at radius 3 is 2.57 bits per heavy atom. The largest absolute Gasteiger partial charge is 0.371 e. The van der Waals surface area contributed by atoms with Crippen LogP contribution in [0.15, 0.2) is 24.3 Å². The molecule has 0 spiro atoms. The summed E-state index contributed by atoms with van der Waals surface area (Å²) in [7, 11) is 0. The Morgan fingerprint density at radius 1 is 1.35 bits per heavy atom. The molecule has 1 amide bonds. The maximum absolute atomic E-state index is 12.5. The third-order valence-corrected chi connectivity index (χ3v) is 4.25. The number of hydrogen-bond donors (Lipinski definition) is 1. The van der Waals surface area contributed by atoms with Crippen LogP contribution in [-0.4, -0.2) is 41.6 Å². The smallest absolute Gasteiger partial charge is 0.241 e. The van der Waals surface area contributed by atoms with Crippen molar-refractivity contribution in [3.8, 4) is 0 Å². The molecule has 1 fully saturated rings. The Morgan fingerprint density at radius 2 is 2.00 bits per heavy atom. The van der Waals surface area contributed by atoms with E-state index in [9.17, 15) is 4.79 Å². The number of nitrogens with zero attached hydrogens (tertiary/aromatic N) is 1. The molecule has 1 aromatic rings. The fourth-order valence-electron chi connectivity index (χ4n) is 2.94. The van der Waals surface area contributed by atoms with Gasteiger partial charge >= 0.3 is 0 Å². The minimum Gasteiger partial charge on any atom is -0.371 e. The molecule has 4 nitrogen and oxygen atoms in total. The molecule has 23 heavy (non-hydrogen) atoms. The number of benzene rings is 1. The molecule has 128 valence electrons. The van der Waals surface area contributed by atoms with Gasteiger partial charge in [0.25, 0.3) is 0 Å². The van der Waals surface area contributed by atoms with Crippen molar-refractivity contribution < 1.29 is 9.53 Å². The van der Waals surface area contributed by atoms with Crippen molar-refractivity contribution in [2.75, 3.05) is 18.4 Å². The summed E-state index contributed by atoms with van der Waals surface area (Å²) in [5.41, 5.74) is 2.01. The zero-order chi connectivity index (χ0) is 17.0. The number of nitrogens with one attached hydrogen (secondary N) is 1. The lowest BCUT2D eigenvalue weighted by Gasteiger charge is -2.26. The first-order valence-electron chi connectivity index (χ1n) is 8.60. The molecule has 1 saturated heterocycles. The monoisotopic (exact) mass is 318 g/mol. The SMILES string of the molecule is CCc1ccc(NC(=O)[C@@H](C)N2CC[C@H](OC(C)(C)C)C2)cc1. The number of hydrogen-bond acceptors (Lipinski definition) is 3. The average molecular weight is 318 g/mol. The molecule has 0 saturated carbocycles. The zero-order valence-corrected chi connectivity index (χ0v) is 15.1. The number of carbonyl (C=O) groups is 1. The lowest BCUT2D eigenvalue weighted by atomic mass is 10.1. The van der Waals surface area contributed by atoms with E-state index in [1.807, 2.05) is 19.1 Å². The van der Waals surface area contributed by atoms with E-state index >= 15 is 0 Å². The molecule has 2 atom stereocenters. The Hall–Kier alpha value is -1.39. The summed E-state index contributed by atoms with van der Waals surface area (Å²) >= 11 is 0. The predicted octanol–water partition coefficient (Wildman–Crippen LogP) is 3.47.